The minimum absolute atomic E-state index is 0.172. The molecule has 3 aliphatic rings. The van der Waals surface area contributed by atoms with Crippen molar-refractivity contribution in [2.45, 2.75) is 62.6 Å². The fourth-order valence-electron chi connectivity index (χ4n) is 6.60. The van der Waals surface area contributed by atoms with Crippen LogP contribution in [-0.4, -0.2) is 66.0 Å². The van der Waals surface area contributed by atoms with Crippen LogP contribution in [0.4, 0.5) is 11.6 Å². The summed E-state index contributed by atoms with van der Waals surface area (Å²) in [6, 6.07) is 14.1. The first kappa shape index (κ1) is 27.5. The first-order chi connectivity index (χ1) is 20.9. The number of carbonyl (C=O) groups excluding carboxylic acids is 1. The number of anilines is 2. The monoisotopic (exact) mass is 581 g/mol. The zero-order valence-electron chi connectivity index (χ0n) is 24.0. The highest BCUT2D eigenvalue weighted by Gasteiger charge is 2.39. The van der Waals surface area contributed by atoms with Gasteiger partial charge in [0.05, 0.1) is 25.5 Å². The number of aromatic nitrogens is 5. The van der Waals surface area contributed by atoms with Crippen molar-refractivity contribution in [1.29, 1.82) is 0 Å². The number of nitrogens with one attached hydrogen (secondary N) is 1. The number of fused-ring (bicyclic) bond motifs is 1. The molecule has 3 aromatic heterocycles. The largest absolute Gasteiger partial charge is 0.379 e. The van der Waals surface area contributed by atoms with Crippen LogP contribution in [0, 0.1) is 0 Å². The van der Waals surface area contributed by atoms with Gasteiger partial charge in [0, 0.05) is 30.9 Å². The lowest BCUT2D eigenvalue weighted by molar-refractivity contribution is -0.186. The highest BCUT2D eigenvalue weighted by Crippen LogP contribution is 2.36. The van der Waals surface area contributed by atoms with Gasteiger partial charge in [-0.2, -0.15) is 4.98 Å². The van der Waals surface area contributed by atoms with E-state index in [4.69, 9.17) is 9.72 Å². The summed E-state index contributed by atoms with van der Waals surface area (Å²) >= 11 is 0. The predicted molar refractivity (Wildman–Crippen MR) is 162 cm³/mol. The summed E-state index contributed by atoms with van der Waals surface area (Å²) in [7, 11) is 0. The molecule has 1 aromatic carbocycles. The van der Waals surface area contributed by atoms with Crippen LogP contribution in [0.25, 0.3) is 16.9 Å². The number of hydrogen-bond donors (Lipinski definition) is 2. The topological polar surface area (TPSA) is 127 Å². The second-order valence-corrected chi connectivity index (χ2v) is 11.8. The molecular formula is C32H35N7O4. The highest BCUT2D eigenvalue weighted by atomic mass is 16.5. The van der Waals surface area contributed by atoms with Gasteiger partial charge < -0.3 is 20.1 Å². The molecule has 0 atom stereocenters. The van der Waals surface area contributed by atoms with E-state index in [-0.39, 0.29) is 25.3 Å². The molecule has 3 fully saturated rings. The quantitative estimate of drug-likeness (QED) is 0.301. The van der Waals surface area contributed by atoms with E-state index in [2.05, 4.69) is 38.9 Å². The number of pyridine rings is 1. The Bertz CT molecular complexity index is 1730. The normalized spacial score (nSPS) is 21.6. The molecule has 5 heterocycles. The van der Waals surface area contributed by atoms with E-state index in [1.54, 1.807) is 29.0 Å². The number of ether oxygens (including phenoxy) is 1. The third-order valence-corrected chi connectivity index (χ3v) is 8.97. The Balaban J connectivity index is 1.12. The maximum Gasteiger partial charge on any atom is 0.278 e. The lowest BCUT2D eigenvalue weighted by atomic mass is 9.81. The lowest BCUT2D eigenvalue weighted by Crippen LogP contribution is -2.47. The van der Waals surface area contributed by atoms with Crippen molar-refractivity contribution in [3.05, 3.63) is 82.9 Å². The summed E-state index contributed by atoms with van der Waals surface area (Å²) in [5.41, 5.74) is 1.60. The zero-order chi connectivity index (χ0) is 29.6. The fourth-order valence-corrected chi connectivity index (χ4v) is 6.60. The molecule has 1 aliphatic carbocycles. The molecule has 4 aromatic rings. The molecule has 1 saturated carbocycles. The molecule has 2 N–H and O–H groups in total. The summed E-state index contributed by atoms with van der Waals surface area (Å²) in [4.78, 5) is 41.4. The molecule has 43 heavy (non-hydrogen) atoms. The lowest BCUT2D eigenvalue weighted by Gasteiger charge is -2.35. The smallest absolute Gasteiger partial charge is 0.278 e. The third-order valence-electron chi connectivity index (χ3n) is 8.97. The van der Waals surface area contributed by atoms with Crippen LogP contribution in [-0.2, 0) is 21.7 Å². The van der Waals surface area contributed by atoms with Gasteiger partial charge in [0.2, 0.25) is 11.9 Å². The van der Waals surface area contributed by atoms with Crippen molar-refractivity contribution in [2.24, 2.45) is 0 Å². The summed E-state index contributed by atoms with van der Waals surface area (Å²) in [6.45, 7) is 5.31. The summed E-state index contributed by atoms with van der Waals surface area (Å²) in [6.07, 6.45) is 9.14. The van der Waals surface area contributed by atoms with Crippen LogP contribution in [0.15, 0.2) is 66.1 Å². The Kier molecular flexibility index (Phi) is 7.06. The van der Waals surface area contributed by atoms with Crippen molar-refractivity contribution in [3.8, 4) is 5.82 Å². The van der Waals surface area contributed by atoms with Gasteiger partial charge >= 0.3 is 0 Å². The first-order valence-electron chi connectivity index (χ1n) is 15.0. The second-order valence-electron chi connectivity index (χ2n) is 11.8. The molecular weight excluding hydrogens is 546 g/mol. The molecule has 2 saturated heterocycles. The fraction of sp³-hybridized carbons (Fsp3) is 0.406. The maximum atomic E-state index is 13.3. The van der Waals surface area contributed by atoms with E-state index in [0.717, 1.165) is 44.3 Å². The average molecular weight is 582 g/mol. The van der Waals surface area contributed by atoms with Crippen molar-refractivity contribution >= 4 is 28.6 Å². The van der Waals surface area contributed by atoms with Crippen molar-refractivity contribution in [3.63, 3.8) is 0 Å². The van der Waals surface area contributed by atoms with E-state index < -0.39 is 5.60 Å². The molecule has 7 rings (SSSR count). The third kappa shape index (κ3) is 5.02. The van der Waals surface area contributed by atoms with Crippen LogP contribution in [0.3, 0.4) is 0 Å². The van der Waals surface area contributed by atoms with Gasteiger partial charge in [0.15, 0.2) is 17.1 Å². The van der Waals surface area contributed by atoms with E-state index in [0.29, 0.717) is 52.8 Å². The molecule has 2 aliphatic heterocycles. The minimum Gasteiger partial charge on any atom is -0.379 e. The summed E-state index contributed by atoms with van der Waals surface area (Å²) in [5, 5.41) is 14.4. The Morgan fingerprint density at radius 3 is 2.53 bits per heavy atom. The number of hydrogen-bond acceptors (Lipinski definition) is 8. The number of aliphatic hydroxyl groups is 1. The van der Waals surface area contributed by atoms with Gasteiger partial charge in [-0.1, -0.05) is 24.3 Å². The van der Waals surface area contributed by atoms with Gasteiger partial charge in [-0.3, -0.25) is 9.59 Å². The molecule has 222 valence electrons. The first-order valence-corrected chi connectivity index (χ1v) is 15.0. The van der Waals surface area contributed by atoms with Crippen LogP contribution in [0.2, 0.25) is 0 Å². The highest BCUT2D eigenvalue weighted by molar-refractivity contribution is 5.78. The Morgan fingerprint density at radius 1 is 1.07 bits per heavy atom. The number of carbonyl (C=O) groups is 1. The Hall–Kier alpha value is -4.35. The summed E-state index contributed by atoms with van der Waals surface area (Å²) in [5.74, 6) is 1.61. The number of likely N-dealkylation sites (tertiary alicyclic amines) is 1. The number of rotatable bonds is 8. The SMILES string of the molecule is C=CCn1c(=O)c2cnc(Nc3ccc(C4CCC(N5CCCC5=O)CC4)cc3)nc2n1-c1cccc(C2(O)COC2)n1. The van der Waals surface area contributed by atoms with Gasteiger partial charge in [0.25, 0.3) is 5.56 Å². The second kappa shape index (κ2) is 11.1. The molecule has 0 spiro atoms. The van der Waals surface area contributed by atoms with E-state index in [1.807, 2.05) is 12.1 Å². The van der Waals surface area contributed by atoms with Crippen LogP contribution in [0.1, 0.15) is 55.7 Å². The summed E-state index contributed by atoms with van der Waals surface area (Å²) < 4.78 is 8.36. The minimum atomic E-state index is -1.15. The van der Waals surface area contributed by atoms with Crippen molar-refractivity contribution in [1.82, 2.24) is 29.2 Å². The Labute approximate surface area is 248 Å². The van der Waals surface area contributed by atoms with Gasteiger partial charge in [-0.15, -0.1) is 6.58 Å². The van der Waals surface area contributed by atoms with Crippen LogP contribution < -0.4 is 10.9 Å². The molecule has 0 radical (unpaired) electrons. The van der Waals surface area contributed by atoms with Gasteiger partial charge in [-0.05, 0) is 67.9 Å². The zero-order valence-corrected chi connectivity index (χ0v) is 24.0. The Morgan fingerprint density at radius 2 is 1.86 bits per heavy atom. The number of amides is 1. The van der Waals surface area contributed by atoms with Crippen molar-refractivity contribution < 1.29 is 14.6 Å². The maximum absolute atomic E-state index is 13.3. The van der Waals surface area contributed by atoms with E-state index >= 15 is 0 Å². The van der Waals surface area contributed by atoms with Gasteiger partial charge in [-0.25, -0.2) is 19.3 Å². The van der Waals surface area contributed by atoms with Gasteiger partial charge in [0.1, 0.15) is 5.39 Å². The standard InChI is InChI=1S/C32H35N7O4/c1-2-16-38-30(41)25-18-33-31(36-29(25)39(38)27-6-3-5-26(35-27)32(42)19-43-20-32)34-23-12-8-21(9-13-23)22-10-14-24(15-11-22)37-17-4-7-28(37)40/h2-3,5-6,8-9,12-13,18,22,24,42H,1,4,7,10-11,14-17,19-20H2,(H,33,34,36). The number of nitrogens with zero attached hydrogens (tertiary/aromatic N) is 6. The molecule has 0 bridgehead atoms. The van der Waals surface area contributed by atoms with E-state index in [1.165, 1.54) is 16.4 Å². The number of benzene rings is 1. The number of allylic oxidation sites excluding steroid dienone is 1. The van der Waals surface area contributed by atoms with Crippen LogP contribution >= 0.6 is 0 Å². The molecule has 11 nitrogen and oxygen atoms in total. The molecule has 11 heteroatoms. The van der Waals surface area contributed by atoms with Crippen LogP contribution in [0.5, 0.6) is 0 Å². The molecule has 1 amide bonds. The average Bonchev–Trinajstić information content (AvgIpc) is 3.57. The van der Waals surface area contributed by atoms with Crippen molar-refractivity contribution in [2.75, 3.05) is 25.1 Å². The molecule has 0 unspecified atom stereocenters. The predicted octanol–water partition coefficient (Wildman–Crippen LogP) is 3.77. The van der Waals surface area contributed by atoms with E-state index in [9.17, 15) is 14.7 Å².